The van der Waals surface area contributed by atoms with Crippen molar-refractivity contribution in [2.75, 3.05) is 0 Å². The number of hydrogen-bond donors (Lipinski definition) is 2. The smallest absolute Gasteiger partial charge is 0.123 e. The molecule has 49 heavy (non-hydrogen) atoms. The molecule has 0 amide bonds. The van der Waals surface area contributed by atoms with Crippen LogP contribution >= 0.6 is 22.7 Å². The first-order valence-corrected chi connectivity index (χ1v) is 18.1. The molecule has 1 aliphatic carbocycles. The quantitative estimate of drug-likeness (QED) is 0.185. The van der Waals surface area contributed by atoms with E-state index in [9.17, 15) is 10.2 Å². The van der Waals surface area contributed by atoms with Crippen molar-refractivity contribution in [2.24, 2.45) is 0 Å². The predicted molar refractivity (Wildman–Crippen MR) is 205 cm³/mol. The highest BCUT2D eigenvalue weighted by Crippen LogP contribution is 2.61. The Morgan fingerprint density at radius 1 is 0.388 bits per heavy atom. The van der Waals surface area contributed by atoms with Gasteiger partial charge < -0.3 is 10.2 Å². The molecule has 1 aliphatic rings. The maximum absolute atomic E-state index is 11.3. The molecule has 0 bridgehead atoms. The molecule has 234 valence electrons. The Morgan fingerprint density at radius 3 is 1.24 bits per heavy atom. The third-order valence-electron chi connectivity index (χ3n) is 9.88. The van der Waals surface area contributed by atoms with Gasteiger partial charge in [0.15, 0.2) is 0 Å². The molecule has 0 aliphatic heterocycles. The zero-order valence-electron chi connectivity index (χ0n) is 26.4. The molecule has 9 rings (SSSR count). The zero-order valence-corrected chi connectivity index (χ0v) is 28.0. The van der Waals surface area contributed by atoms with E-state index in [-0.39, 0.29) is 11.5 Å². The fraction of sp³-hybridized carbons (Fsp3) is 0.0222. The Labute approximate surface area is 293 Å². The number of fused-ring (bicyclic) bond motifs is 3. The van der Waals surface area contributed by atoms with Gasteiger partial charge in [-0.1, -0.05) is 109 Å². The summed E-state index contributed by atoms with van der Waals surface area (Å²) in [5.41, 5.74) is 14.3. The van der Waals surface area contributed by atoms with E-state index < -0.39 is 5.41 Å². The summed E-state index contributed by atoms with van der Waals surface area (Å²) >= 11 is 3.41. The van der Waals surface area contributed by atoms with E-state index in [4.69, 9.17) is 0 Å². The van der Waals surface area contributed by atoms with Gasteiger partial charge in [-0.25, -0.2) is 0 Å². The molecule has 0 saturated carbocycles. The van der Waals surface area contributed by atoms with E-state index in [2.05, 4.69) is 94.3 Å². The highest BCUT2D eigenvalue weighted by molar-refractivity contribution is 7.08. The number of phenolic OH excluding ortho intramolecular Hbond substituents is 2. The Balaban J connectivity index is 1.45. The SMILES string of the molecule is Oc1ccc(C2(c3ccc(O)c(-c4ccccc4)c3)c3cccc(-c4ccsc4)c3-c3c(-c4ccsc4)cccc32)cc1-c1ccccc1. The molecule has 8 aromatic rings. The second-order valence-corrected chi connectivity index (χ2v) is 14.0. The number of benzene rings is 6. The minimum absolute atomic E-state index is 0.235. The lowest BCUT2D eigenvalue weighted by molar-refractivity contribution is 0.477. The Hall–Kier alpha value is -5.68. The number of rotatable bonds is 6. The molecule has 0 radical (unpaired) electrons. The molecule has 0 atom stereocenters. The van der Waals surface area contributed by atoms with Crippen molar-refractivity contribution in [1.82, 2.24) is 0 Å². The summed E-state index contributed by atoms with van der Waals surface area (Å²) in [6.45, 7) is 0. The van der Waals surface area contributed by atoms with Gasteiger partial charge in [-0.2, -0.15) is 22.7 Å². The van der Waals surface area contributed by atoms with Gasteiger partial charge >= 0.3 is 0 Å². The van der Waals surface area contributed by atoms with Crippen LogP contribution < -0.4 is 0 Å². The van der Waals surface area contributed by atoms with Gasteiger partial charge in [-0.05, 0) is 125 Å². The van der Waals surface area contributed by atoms with Crippen LogP contribution in [0.1, 0.15) is 22.3 Å². The standard InChI is InChI=1S/C45H30O2S2/c46-41-19-17-33(25-37(41)29-9-3-1-4-10-29)45(34-18-20-42(47)38(26-34)30-11-5-2-6-12-30)39-15-7-13-35(31-21-23-48-27-31)43(39)44-36(14-8-16-40(44)45)32-22-24-49-28-32/h1-28,46-47H. The van der Waals surface area contributed by atoms with Crippen molar-refractivity contribution in [3.8, 4) is 67.1 Å². The predicted octanol–water partition coefficient (Wildman–Crippen LogP) is 12.3. The summed E-state index contributed by atoms with van der Waals surface area (Å²) < 4.78 is 0. The summed E-state index contributed by atoms with van der Waals surface area (Å²) in [6, 6.07) is 50.1. The topological polar surface area (TPSA) is 40.5 Å². The van der Waals surface area contributed by atoms with Gasteiger partial charge in [0, 0.05) is 11.1 Å². The monoisotopic (exact) mass is 666 g/mol. The van der Waals surface area contributed by atoms with Gasteiger partial charge in [0.05, 0.1) is 5.41 Å². The van der Waals surface area contributed by atoms with Gasteiger partial charge in [0.25, 0.3) is 0 Å². The average Bonchev–Trinajstić information content (AvgIpc) is 3.94. The van der Waals surface area contributed by atoms with E-state index in [0.717, 1.165) is 33.4 Å². The Morgan fingerprint density at radius 2 is 0.837 bits per heavy atom. The van der Waals surface area contributed by atoms with E-state index in [1.807, 2.05) is 72.8 Å². The third-order valence-corrected chi connectivity index (χ3v) is 11.2. The largest absolute Gasteiger partial charge is 0.507 e. The van der Waals surface area contributed by atoms with Gasteiger partial charge in [0.2, 0.25) is 0 Å². The van der Waals surface area contributed by atoms with E-state index in [1.54, 1.807) is 22.7 Å². The molecule has 2 heterocycles. The second kappa shape index (κ2) is 11.8. The van der Waals surface area contributed by atoms with Crippen LogP contribution in [-0.4, -0.2) is 10.2 Å². The zero-order chi connectivity index (χ0) is 33.0. The van der Waals surface area contributed by atoms with E-state index in [0.29, 0.717) is 0 Å². The number of thiophene rings is 2. The maximum Gasteiger partial charge on any atom is 0.123 e. The first-order valence-electron chi connectivity index (χ1n) is 16.2. The average molecular weight is 667 g/mol. The first-order chi connectivity index (χ1) is 24.1. The molecule has 4 heteroatoms. The van der Waals surface area contributed by atoms with Crippen LogP contribution in [-0.2, 0) is 5.41 Å². The molecule has 0 saturated heterocycles. The van der Waals surface area contributed by atoms with Crippen LogP contribution in [0.4, 0.5) is 0 Å². The molecular formula is C45H30O2S2. The van der Waals surface area contributed by atoms with Crippen molar-refractivity contribution < 1.29 is 10.2 Å². The highest BCUT2D eigenvalue weighted by Gasteiger charge is 2.48. The lowest BCUT2D eigenvalue weighted by Crippen LogP contribution is -2.28. The van der Waals surface area contributed by atoms with Crippen molar-refractivity contribution in [2.45, 2.75) is 5.41 Å². The molecule has 2 nitrogen and oxygen atoms in total. The third kappa shape index (κ3) is 4.60. The van der Waals surface area contributed by atoms with Crippen molar-refractivity contribution in [3.05, 3.63) is 189 Å². The summed E-state index contributed by atoms with van der Waals surface area (Å²) in [7, 11) is 0. The van der Waals surface area contributed by atoms with E-state index in [1.165, 1.54) is 44.5 Å². The molecule has 6 aromatic carbocycles. The number of aromatic hydroxyl groups is 2. The Bertz CT molecular complexity index is 2270. The van der Waals surface area contributed by atoms with Crippen LogP contribution in [0.2, 0.25) is 0 Å². The summed E-state index contributed by atoms with van der Waals surface area (Å²) in [5.74, 6) is 0.469. The van der Waals surface area contributed by atoms with Crippen molar-refractivity contribution >= 4 is 22.7 Å². The minimum atomic E-state index is -0.781. The fourth-order valence-corrected chi connectivity index (χ4v) is 9.07. The lowest BCUT2D eigenvalue weighted by Gasteiger charge is -2.35. The second-order valence-electron chi connectivity index (χ2n) is 12.4. The van der Waals surface area contributed by atoms with Crippen LogP contribution in [0.25, 0.3) is 55.6 Å². The molecule has 2 aromatic heterocycles. The van der Waals surface area contributed by atoms with E-state index >= 15 is 0 Å². The minimum Gasteiger partial charge on any atom is -0.507 e. The normalized spacial score (nSPS) is 12.8. The first kappa shape index (κ1) is 29.5. The lowest BCUT2D eigenvalue weighted by atomic mass is 9.66. The molecule has 0 spiro atoms. The van der Waals surface area contributed by atoms with Crippen LogP contribution in [0.3, 0.4) is 0 Å². The molecular weight excluding hydrogens is 637 g/mol. The number of hydrogen-bond acceptors (Lipinski definition) is 4. The molecule has 2 N–H and O–H groups in total. The van der Waals surface area contributed by atoms with Gasteiger partial charge in [-0.3, -0.25) is 0 Å². The molecule has 0 unspecified atom stereocenters. The van der Waals surface area contributed by atoms with Crippen molar-refractivity contribution in [1.29, 1.82) is 0 Å². The van der Waals surface area contributed by atoms with Crippen LogP contribution in [0, 0.1) is 0 Å². The Kier molecular flexibility index (Phi) is 7.08. The number of phenols is 2. The summed E-state index contributed by atoms with van der Waals surface area (Å²) in [5, 5.41) is 31.4. The maximum atomic E-state index is 11.3. The van der Waals surface area contributed by atoms with Crippen LogP contribution in [0.5, 0.6) is 11.5 Å². The van der Waals surface area contributed by atoms with Crippen LogP contribution in [0.15, 0.2) is 167 Å². The highest BCUT2D eigenvalue weighted by atomic mass is 32.1. The molecule has 0 fully saturated rings. The summed E-state index contributed by atoms with van der Waals surface area (Å²) in [4.78, 5) is 0. The summed E-state index contributed by atoms with van der Waals surface area (Å²) in [6.07, 6.45) is 0. The fourth-order valence-electron chi connectivity index (χ4n) is 7.76. The van der Waals surface area contributed by atoms with Gasteiger partial charge in [0.1, 0.15) is 11.5 Å². The van der Waals surface area contributed by atoms with Crippen molar-refractivity contribution in [3.63, 3.8) is 0 Å². The van der Waals surface area contributed by atoms with Gasteiger partial charge in [-0.15, -0.1) is 0 Å².